The van der Waals surface area contributed by atoms with Gasteiger partial charge in [0.05, 0.1) is 10.4 Å². The molecular formula is C15H19FN2OS. The highest BCUT2D eigenvalue weighted by Gasteiger charge is 2.42. The maximum atomic E-state index is 13.2. The molecule has 1 aliphatic rings. The predicted molar refractivity (Wildman–Crippen MR) is 82.1 cm³/mol. The minimum absolute atomic E-state index is 0.171. The van der Waals surface area contributed by atoms with E-state index in [0.717, 1.165) is 19.3 Å². The van der Waals surface area contributed by atoms with Gasteiger partial charge in [-0.15, -0.1) is 0 Å². The van der Waals surface area contributed by atoms with Crippen LogP contribution >= 0.6 is 12.2 Å². The highest BCUT2D eigenvalue weighted by molar-refractivity contribution is 7.80. The molecule has 0 spiro atoms. The van der Waals surface area contributed by atoms with E-state index < -0.39 is 5.41 Å². The van der Waals surface area contributed by atoms with E-state index in [0.29, 0.717) is 24.1 Å². The highest BCUT2D eigenvalue weighted by atomic mass is 32.1. The van der Waals surface area contributed by atoms with E-state index in [1.807, 2.05) is 0 Å². The summed E-state index contributed by atoms with van der Waals surface area (Å²) in [5.41, 5.74) is 6.14. The molecule has 1 fully saturated rings. The summed E-state index contributed by atoms with van der Waals surface area (Å²) in [6, 6.07) is 4.51. The van der Waals surface area contributed by atoms with Crippen LogP contribution in [0.25, 0.3) is 0 Å². The number of thiocarbonyl (C=S) groups is 1. The van der Waals surface area contributed by atoms with E-state index in [1.165, 1.54) is 6.07 Å². The molecule has 0 aromatic heterocycles. The first-order chi connectivity index (χ1) is 9.45. The fourth-order valence-corrected chi connectivity index (χ4v) is 3.01. The van der Waals surface area contributed by atoms with Crippen molar-refractivity contribution in [2.45, 2.75) is 39.0 Å². The number of nitrogens with two attached hydrogens (primary N) is 1. The fourth-order valence-electron chi connectivity index (χ4n) is 2.71. The third kappa shape index (κ3) is 2.82. The Morgan fingerprint density at radius 1 is 1.35 bits per heavy atom. The summed E-state index contributed by atoms with van der Waals surface area (Å²) in [7, 11) is 0. The lowest BCUT2D eigenvalue weighted by molar-refractivity contribution is -0.123. The molecule has 0 saturated heterocycles. The molecule has 1 aliphatic carbocycles. The Hall–Kier alpha value is -1.49. The summed E-state index contributed by atoms with van der Waals surface area (Å²) in [6.45, 7) is 1.66. The molecule has 1 aromatic rings. The smallest absolute Gasteiger partial charge is 0.237 e. The van der Waals surface area contributed by atoms with E-state index in [2.05, 4.69) is 5.32 Å². The van der Waals surface area contributed by atoms with Crippen LogP contribution in [0.5, 0.6) is 0 Å². The van der Waals surface area contributed by atoms with Gasteiger partial charge in [0.25, 0.3) is 0 Å². The van der Waals surface area contributed by atoms with Crippen molar-refractivity contribution in [1.82, 2.24) is 0 Å². The fraction of sp³-hybridized carbons (Fsp3) is 0.467. The van der Waals surface area contributed by atoms with Gasteiger partial charge in [0, 0.05) is 5.69 Å². The van der Waals surface area contributed by atoms with Crippen LogP contribution in [0, 0.1) is 18.2 Å². The van der Waals surface area contributed by atoms with Crippen LogP contribution in [-0.2, 0) is 4.79 Å². The van der Waals surface area contributed by atoms with E-state index in [4.69, 9.17) is 18.0 Å². The maximum Gasteiger partial charge on any atom is 0.237 e. The molecule has 0 bridgehead atoms. The Kier molecular flexibility index (Phi) is 4.38. The molecule has 3 nitrogen and oxygen atoms in total. The van der Waals surface area contributed by atoms with Gasteiger partial charge in [-0.3, -0.25) is 4.79 Å². The number of hydrogen-bond acceptors (Lipinski definition) is 2. The van der Waals surface area contributed by atoms with Crippen LogP contribution in [0.15, 0.2) is 18.2 Å². The van der Waals surface area contributed by atoms with Gasteiger partial charge in [0.2, 0.25) is 5.91 Å². The number of anilines is 1. The molecule has 0 atom stereocenters. The molecule has 1 saturated carbocycles. The zero-order valence-corrected chi connectivity index (χ0v) is 12.4. The normalized spacial score (nSPS) is 17.5. The first-order valence-electron chi connectivity index (χ1n) is 6.83. The number of halogens is 1. The number of benzene rings is 1. The van der Waals surface area contributed by atoms with Gasteiger partial charge in [-0.1, -0.05) is 31.5 Å². The number of nitrogens with one attached hydrogen (secondary N) is 1. The van der Waals surface area contributed by atoms with Gasteiger partial charge >= 0.3 is 0 Å². The topological polar surface area (TPSA) is 55.1 Å². The lowest BCUT2D eigenvalue weighted by atomic mass is 9.73. The highest BCUT2D eigenvalue weighted by Crippen LogP contribution is 2.37. The number of aryl methyl sites for hydroxylation is 1. The first-order valence-corrected chi connectivity index (χ1v) is 7.24. The average Bonchev–Trinajstić information content (AvgIpc) is 2.43. The van der Waals surface area contributed by atoms with Crippen molar-refractivity contribution < 1.29 is 9.18 Å². The van der Waals surface area contributed by atoms with Gasteiger partial charge < -0.3 is 11.1 Å². The molecule has 108 valence electrons. The van der Waals surface area contributed by atoms with Gasteiger partial charge in [-0.25, -0.2) is 4.39 Å². The summed E-state index contributed by atoms with van der Waals surface area (Å²) in [5, 5.41) is 2.83. The van der Waals surface area contributed by atoms with Crippen LogP contribution in [0.2, 0.25) is 0 Å². The van der Waals surface area contributed by atoms with Crippen molar-refractivity contribution >= 4 is 28.8 Å². The molecule has 0 unspecified atom stereocenters. The lowest BCUT2D eigenvalue weighted by Crippen LogP contribution is -2.47. The third-order valence-corrected chi connectivity index (χ3v) is 4.42. The second-order valence-corrected chi connectivity index (χ2v) is 5.86. The van der Waals surface area contributed by atoms with Crippen molar-refractivity contribution in [3.8, 4) is 0 Å². The summed E-state index contributed by atoms with van der Waals surface area (Å²) >= 11 is 5.12. The number of carbonyl (C=O) groups is 1. The molecule has 2 rings (SSSR count). The molecule has 20 heavy (non-hydrogen) atoms. The van der Waals surface area contributed by atoms with E-state index in [1.54, 1.807) is 19.1 Å². The largest absolute Gasteiger partial charge is 0.392 e. The maximum absolute atomic E-state index is 13.2. The second-order valence-electron chi connectivity index (χ2n) is 5.43. The Bertz CT molecular complexity index is 539. The number of carbonyl (C=O) groups excluding carboxylic acids is 1. The van der Waals surface area contributed by atoms with Crippen LogP contribution in [-0.4, -0.2) is 10.9 Å². The van der Waals surface area contributed by atoms with E-state index in [9.17, 15) is 9.18 Å². The zero-order chi connectivity index (χ0) is 14.8. The Labute approximate surface area is 123 Å². The Morgan fingerprint density at radius 3 is 2.55 bits per heavy atom. The van der Waals surface area contributed by atoms with Crippen molar-refractivity contribution in [3.05, 3.63) is 29.6 Å². The first kappa shape index (κ1) is 14.9. The molecule has 3 N–H and O–H groups in total. The number of hydrogen-bond donors (Lipinski definition) is 2. The molecule has 0 radical (unpaired) electrons. The minimum Gasteiger partial charge on any atom is -0.392 e. The molecular weight excluding hydrogens is 275 g/mol. The van der Waals surface area contributed by atoms with Gasteiger partial charge in [0.1, 0.15) is 5.82 Å². The Morgan fingerprint density at radius 2 is 2.00 bits per heavy atom. The predicted octanol–water partition coefficient (Wildman–Crippen LogP) is 3.31. The monoisotopic (exact) mass is 294 g/mol. The van der Waals surface area contributed by atoms with Crippen LogP contribution in [0.3, 0.4) is 0 Å². The van der Waals surface area contributed by atoms with Gasteiger partial charge in [-0.2, -0.15) is 0 Å². The third-order valence-electron chi connectivity index (χ3n) is 4.03. The van der Waals surface area contributed by atoms with Crippen LogP contribution in [0.4, 0.5) is 10.1 Å². The standard InChI is InChI=1S/C15H19FN2OS/c1-10-9-11(5-6-12(10)16)18-14(19)15(13(17)20)7-3-2-4-8-15/h5-6,9H,2-4,7-8H2,1H3,(H2,17,20)(H,18,19). The van der Waals surface area contributed by atoms with Crippen LogP contribution in [0.1, 0.15) is 37.7 Å². The van der Waals surface area contributed by atoms with Crippen molar-refractivity contribution in [3.63, 3.8) is 0 Å². The summed E-state index contributed by atoms with van der Waals surface area (Å²) in [5.74, 6) is -0.458. The quantitative estimate of drug-likeness (QED) is 0.841. The van der Waals surface area contributed by atoms with Crippen molar-refractivity contribution in [2.24, 2.45) is 11.1 Å². The van der Waals surface area contributed by atoms with Gasteiger partial charge in [-0.05, 0) is 43.5 Å². The lowest BCUT2D eigenvalue weighted by Gasteiger charge is -2.34. The van der Waals surface area contributed by atoms with E-state index in [-0.39, 0.29) is 16.7 Å². The van der Waals surface area contributed by atoms with Crippen molar-refractivity contribution in [1.29, 1.82) is 0 Å². The summed E-state index contributed by atoms with van der Waals surface area (Å²) < 4.78 is 13.2. The molecule has 0 aliphatic heterocycles. The molecule has 1 amide bonds. The SMILES string of the molecule is Cc1cc(NC(=O)C2(C(N)=S)CCCCC2)ccc1F. The summed E-state index contributed by atoms with van der Waals surface area (Å²) in [6.07, 6.45) is 4.39. The number of rotatable bonds is 3. The van der Waals surface area contributed by atoms with Gasteiger partial charge in [0.15, 0.2) is 0 Å². The Balaban J connectivity index is 2.20. The summed E-state index contributed by atoms with van der Waals surface area (Å²) in [4.78, 5) is 12.8. The van der Waals surface area contributed by atoms with E-state index >= 15 is 0 Å². The molecule has 0 heterocycles. The molecule has 1 aromatic carbocycles. The number of amides is 1. The minimum atomic E-state index is -0.754. The molecule has 5 heteroatoms. The zero-order valence-electron chi connectivity index (χ0n) is 11.5. The van der Waals surface area contributed by atoms with Crippen molar-refractivity contribution in [2.75, 3.05) is 5.32 Å². The van der Waals surface area contributed by atoms with Crippen LogP contribution < -0.4 is 11.1 Å². The second kappa shape index (κ2) is 5.87. The average molecular weight is 294 g/mol.